The molecule has 2 heterocycles. The van der Waals surface area contributed by atoms with Crippen LogP contribution in [0.1, 0.15) is 15.9 Å². The normalized spacial score (nSPS) is 14.0. The van der Waals surface area contributed by atoms with Crippen LogP contribution < -0.4 is 10.2 Å². The first kappa shape index (κ1) is 18.9. The first-order valence-corrected chi connectivity index (χ1v) is 9.09. The zero-order valence-electron chi connectivity index (χ0n) is 14.9. The summed E-state index contributed by atoms with van der Waals surface area (Å²) < 4.78 is 0. The number of halogens is 1. The van der Waals surface area contributed by atoms with Crippen LogP contribution in [0.3, 0.4) is 0 Å². The Kier molecular flexibility index (Phi) is 6.08. The van der Waals surface area contributed by atoms with E-state index in [-0.39, 0.29) is 11.8 Å². The lowest BCUT2D eigenvalue weighted by atomic mass is 10.1. The summed E-state index contributed by atoms with van der Waals surface area (Å²) in [5.41, 5.74) is 2.52. The summed E-state index contributed by atoms with van der Waals surface area (Å²) in [7, 11) is 0. The SMILES string of the molecule is C=CC(=O)NCc1ccc(C(=O)N2CCN(c3ccncc3Cl)CC2)cc1. The standard InChI is InChI=1S/C20H21ClN4O2/c1-2-19(26)23-13-15-3-5-16(6-4-15)20(27)25-11-9-24(10-12-25)18-7-8-22-14-17(18)21/h2-8,14H,1,9-13H2,(H,23,26). The molecule has 1 fully saturated rings. The largest absolute Gasteiger partial charge is 0.367 e. The van der Waals surface area contributed by atoms with Gasteiger partial charge in [-0.3, -0.25) is 14.6 Å². The molecule has 3 rings (SSSR count). The van der Waals surface area contributed by atoms with E-state index in [4.69, 9.17) is 11.6 Å². The highest BCUT2D eigenvalue weighted by atomic mass is 35.5. The van der Waals surface area contributed by atoms with Gasteiger partial charge in [-0.2, -0.15) is 0 Å². The van der Waals surface area contributed by atoms with Crippen molar-refractivity contribution in [1.29, 1.82) is 0 Å². The summed E-state index contributed by atoms with van der Waals surface area (Å²) in [5, 5.41) is 3.33. The van der Waals surface area contributed by atoms with E-state index < -0.39 is 0 Å². The number of pyridine rings is 1. The summed E-state index contributed by atoms with van der Waals surface area (Å²) in [6.07, 6.45) is 4.59. The number of carbonyl (C=O) groups is 2. The third-order valence-corrected chi connectivity index (χ3v) is 4.80. The molecule has 2 aromatic rings. The van der Waals surface area contributed by atoms with Crippen molar-refractivity contribution in [3.63, 3.8) is 0 Å². The number of nitrogens with zero attached hydrogens (tertiary/aromatic N) is 3. The molecular formula is C20H21ClN4O2. The van der Waals surface area contributed by atoms with E-state index in [0.29, 0.717) is 30.2 Å². The Bertz CT molecular complexity index is 830. The number of benzene rings is 1. The zero-order chi connectivity index (χ0) is 19.2. The number of rotatable bonds is 5. The highest BCUT2D eigenvalue weighted by Crippen LogP contribution is 2.25. The molecule has 2 amide bonds. The van der Waals surface area contributed by atoms with E-state index >= 15 is 0 Å². The van der Waals surface area contributed by atoms with Gasteiger partial charge in [0.2, 0.25) is 5.91 Å². The number of anilines is 1. The van der Waals surface area contributed by atoms with Crippen LogP contribution in [0.2, 0.25) is 5.02 Å². The van der Waals surface area contributed by atoms with Crippen molar-refractivity contribution >= 4 is 29.1 Å². The molecule has 6 nitrogen and oxygen atoms in total. The minimum absolute atomic E-state index is 0.0113. The predicted molar refractivity (Wildman–Crippen MR) is 106 cm³/mol. The number of hydrogen-bond acceptors (Lipinski definition) is 4. The predicted octanol–water partition coefficient (Wildman–Crippen LogP) is 2.50. The van der Waals surface area contributed by atoms with Crippen LogP contribution in [0, 0.1) is 0 Å². The van der Waals surface area contributed by atoms with Crippen molar-refractivity contribution in [2.75, 3.05) is 31.1 Å². The van der Waals surface area contributed by atoms with E-state index in [1.165, 1.54) is 6.08 Å². The van der Waals surface area contributed by atoms with Gasteiger partial charge in [-0.05, 0) is 29.8 Å². The van der Waals surface area contributed by atoms with Crippen molar-refractivity contribution in [2.24, 2.45) is 0 Å². The van der Waals surface area contributed by atoms with Gasteiger partial charge < -0.3 is 15.1 Å². The van der Waals surface area contributed by atoms with Crippen molar-refractivity contribution in [3.8, 4) is 0 Å². The molecule has 0 aliphatic carbocycles. The fourth-order valence-corrected chi connectivity index (χ4v) is 3.22. The second kappa shape index (κ2) is 8.68. The summed E-state index contributed by atoms with van der Waals surface area (Å²) >= 11 is 6.21. The van der Waals surface area contributed by atoms with Gasteiger partial charge in [0.1, 0.15) is 0 Å². The van der Waals surface area contributed by atoms with Crippen molar-refractivity contribution in [1.82, 2.24) is 15.2 Å². The molecule has 0 spiro atoms. The molecule has 1 aromatic carbocycles. The highest BCUT2D eigenvalue weighted by molar-refractivity contribution is 6.33. The van der Waals surface area contributed by atoms with E-state index in [2.05, 4.69) is 21.8 Å². The smallest absolute Gasteiger partial charge is 0.253 e. The van der Waals surface area contributed by atoms with Gasteiger partial charge >= 0.3 is 0 Å². The summed E-state index contributed by atoms with van der Waals surface area (Å²) in [6.45, 7) is 6.54. The van der Waals surface area contributed by atoms with E-state index in [1.807, 2.05) is 23.1 Å². The topological polar surface area (TPSA) is 65.5 Å². The number of hydrogen-bond donors (Lipinski definition) is 1. The minimum Gasteiger partial charge on any atom is -0.367 e. The van der Waals surface area contributed by atoms with Gasteiger partial charge in [-0.1, -0.05) is 30.3 Å². The fourth-order valence-electron chi connectivity index (χ4n) is 2.98. The number of nitrogens with one attached hydrogen (secondary N) is 1. The molecule has 0 unspecified atom stereocenters. The average Bonchev–Trinajstić information content (AvgIpc) is 2.72. The molecule has 140 valence electrons. The Hall–Kier alpha value is -2.86. The Morgan fingerprint density at radius 1 is 1.15 bits per heavy atom. The van der Waals surface area contributed by atoms with Crippen LogP contribution >= 0.6 is 11.6 Å². The number of piperazine rings is 1. The number of amides is 2. The third-order valence-electron chi connectivity index (χ3n) is 4.51. The molecule has 1 N–H and O–H groups in total. The lowest BCUT2D eigenvalue weighted by molar-refractivity contribution is -0.116. The zero-order valence-corrected chi connectivity index (χ0v) is 15.7. The van der Waals surface area contributed by atoms with Crippen LogP contribution in [0.4, 0.5) is 5.69 Å². The lowest BCUT2D eigenvalue weighted by Crippen LogP contribution is -2.48. The maximum atomic E-state index is 12.7. The van der Waals surface area contributed by atoms with Crippen molar-refractivity contribution in [3.05, 3.63) is 71.5 Å². The van der Waals surface area contributed by atoms with Gasteiger partial charge in [0, 0.05) is 50.7 Å². The molecule has 0 saturated carbocycles. The van der Waals surface area contributed by atoms with Crippen molar-refractivity contribution in [2.45, 2.75) is 6.54 Å². The molecule has 27 heavy (non-hydrogen) atoms. The van der Waals surface area contributed by atoms with E-state index in [1.54, 1.807) is 24.5 Å². The van der Waals surface area contributed by atoms with Crippen LogP contribution in [-0.4, -0.2) is 47.9 Å². The molecule has 0 radical (unpaired) electrons. The maximum Gasteiger partial charge on any atom is 0.253 e. The second-order valence-corrected chi connectivity index (χ2v) is 6.63. The van der Waals surface area contributed by atoms with E-state index in [9.17, 15) is 9.59 Å². The fraction of sp³-hybridized carbons (Fsp3) is 0.250. The molecule has 1 aromatic heterocycles. The maximum absolute atomic E-state index is 12.7. The van der Waals surface area contributed by atoms with Crippen LogP contribution in [0.15, 0.2) is 55.4 Å². The Labute approximate surface area is 163 Å². The highest BCUT2D eigenvalue weighted by Gasteiger charge is 2.23. The first-order valence-electron chi connectivity index (χ1n) is 8.71. The van der Waals surface area contributed by atoms with E-state index in [0.717, 1.165) is 24.3 Å². The molecular weight excluding hydrogens is 364 g/mol. The minimum atomic E-state index is -0.220. The average molecular weight is 385 g/mol. The number of aromatic nitrogens is 1. The quantitative estimate of drug-likeness (QED) is 0.804. The number of carbonyl (C=O) groups excluding carboxylic acids is 2. The molecule has 0 bridgehead atoms. The molecule has 1 aliphatic rings. The molecule has 0 atom stereocenters. The van der Waals surface area contributed by atoms with Gasteiger partial charge in [-0.15, -0.1) is 0 Å². The Balaban J connectivity index is 1.57. The Morgan fingerprint density at radius 3 is 2.48 bits per heavy atom. The summed E-state index contributed by atoms with van der Waals surface area (Å²) in [4.78, 5) is 32.0. The Morgan fingerprint density at radius 2 is 1.85 bits per heavy atom. The van der Waals surface area contributed by atoms with Crippen molar-refractivity contribution < 1.29 is 9.59 Å². The van der Waals surface area contributed by atoms with Gasteiger partial charge in [0.15, 0.2) is 0 Å². The van der Waals surface area contributed by atoms with Gasteiger partial charge in [0.25, 0.3) is 5.91 Å². The second-order valence-electron chi connectivity index (χ2n) is 6.23. The third kappa shape index (κ3) is 4.65. The summed E-state index contributed by atoms with van der Waals surface area (Å²) in [5.74, 6) is -0.209. The van der Waals surface area contributed by atoms with Gasteiger partial charge in [0.05, 0.1) is 10.7 Å². The van der Waals surface area contributed by atoms with Crippen LogP contribution in [0.5, 0.6) is 0 Å². The first-order chi connectivity index (χ1) is 13.1. The molecule has 7 heteroatoms. The lowest BCUT2D eigenvalue weighted by Gasteiger charge is -2.36. The van der Waals surface area contributed by atoms with Crippen LogP contribution in [0.25, 0.3) is 0 Å². The summed E-state index contributed by atoms with van der Waals surface area (Å²) in [6, 6.07) is 9.19. The van der Waals surface area contributed by atoms with Crippen LogP contribution in [-0.2, 0) is 11.3 Å². The molecule has 1 aliphatic heterocycles. The monoisotopic (exact) mass is 384 g/mol. The van der Waals surface area contributed by atoms with Gasteiger partial charge in [-0.25, -0.2) is 0 Å². The molecule has 1 saturated heterocycles.